The van der Waals surface area contributed by atoms with Crippen LogP contribution in [-0.2, 0) is 9.47 Å². The van der Waals surface area contributed by atoms with Crippen molar-refractivity contribution in [2.75, 3.05) is 19.8 Å². The topological polar surface area (TPSA) is 35.5 Å². The van der Waals surface area contributed by atoms with E-state index in [1.807, 2.05) is 0 Å². The molecule has 2 atom stereocenters. The lowest BCUT2D eigenvalue weighted by Gasteiger charge is -2.36. The molecule has 1 spiro atoms. The van der Waals surface area contributed by atoms with Gasteiger partial charge in [0.1, 0.15) is 5.82 Å². The third-order valence-electron chi connectivity index (χ3n) is 4.13. The van der Waals surface area contributed by atoms with Crippen LogP contribution >= 0.6 is 15.9 Å². The van der Waals surface area contributed by atoms with E-state index in [-0.39, 0.29) is 23.1 Å². The lowest BCUT2D eigenvalue weighted by molar-refractivity contribution is -0.0920. The van der Waals surface area contributed by atoms with Crippen molar-refractivity contribution in [3.05, 3.63) is 34.1 Å². The fourth-order valence-electron chi connectivity index (χ4n) is 3.02. The first kappa shape index (κ1) is 14.2. The first-order valence-electron chi connectivity index (χ1n) is 6.81. The highest BCUT2D eigenvalue weighted by atomic mass is 79.9. The van der Waals surface area contributed by atoms with Crippen LogP contribution in [0.2, 0.25) is 0 Å². The van der Waals surface area contributed by atoms with Crippen molar-refractivity contribution in [1.29, 1.82) is 0 Å². The number of hydrogen-bond donors (Lipinski definition) is 0. The Kier molecular flexibility index (Phi) is 3.93. The monoisotopic (exact) mass is 342 g/mol. The summed E-state index contributed by atoms with van der Waals surface area (Å²) < 4.78 is 24.9. The van der Waals surface area contributed by atoms with Gasteiger partial charge in [-0.05, 0) is 47.0 Å². The van der Waals surface area contributed by atoms with E-state index in [1.165, 1.54) is 12.1 Å². The molecule has 2 unspecified atom stereocenters. The third kappa shape index (κ3) is 2.67. The Hall–Kier alpha value is -0.780. The van der Waals surface area contributed by atoms with Gasteiger partial charge in [-0.25, -0.2) is 4.39 Å². The minimum atomic E-state index is -0.346. The molecule has 1 aromatic carbocycles. The average molecular weight is 343 g/mol. The highest BCUT2D eigenvalue weighted by Crippen LogP contribution is 2.37. The van der Waals surface area contributed by atoms with E-state index in [2.05, 4.69) is 15.9 Å². The smallest absolute Gasteiger partial charge is 0.167 e. The first-order valence-corrected chi connectivity index (χ1v) is 7.60. The summed E-state index contributed by atoms with van der Waals surface area (Å²) in [6, 6.07) is 4.21. The minimum Gasteiger partial charge on any atom is -0.378 e. The van der Waals surface area contributed by atoms with Gasteiger partial charge in [0.25, 0.3) is 0 Å². The number of benzene rings is 1. The second kappa shape index (κ2) is 5.54. The summed E-state index contributed by atoms with van der Waals surface area (Å²) in [6.45, 7) is 1.85. The fourth-order valence-corrected chi connectivity index (χ4v) is 3.57. The van der Waals surface area contributed by atoms with Gasteiger partial charge in [0.2, 0.25) is 0 Å². The van der Waals surface area contributed by atoms with Crippen molar-refractivity contribution >= 4 is 21.7 Å². The number of ketones is 1. The fraction of sp³-hybridized carbons (Fsp3) is 0.533. The van der Waals surface area contributed by atoms with Crippen molar-refractivity contribution in [2.24, 2.45) is 5.92 Å². The number of carbonyl (C=O) groups excluding carboxylic acids is 1. The van der Waals surface area contributed by atoms with Crippen LogP contribution in [0, 0.1) is 11.7 Å². The van der Waals surface area contributed by atoms with Gasteiger partial charge in [0, 0.05) is 35.6 Å². The van der Waals surface area contributed by atoms with Gasteiger partial charge in [-0.2, -0.15) is 0 Å². The van der Waals surface area contributed by atoms with E-state index in [0.717, 1.165) is 6.42 Å². The Morgan fingerprint density at radius 3 is 2.95 bits per heavy atom. The van der Waals surface area contributed by atoms with Crippen LogP contribution in [0.4, 0.5) is 4.39 Å². The van der Waals surface area contributed by atoms with Gasteiger partial charge >= 0.3 is 0 Å². The van der Waals surface area contributed by atoms with E-state index in [0.29, 0.717) is 42.7 Å². The number of halogens is 2. The van der Waals surface area contributed by atoms with Crippen molar-refractivity contribution in [1.82, 2.24) is 0 Å². The lowest BCUT2D eigenvalue weighted by atomic mass is 9.81. The molecule has 3 nitrogen and oxygen atoms in total. The van der Waals surface area contributed by atoms with Crippen molar-refractivity contribution in [2.45, 2.75) is 24.9 Å². The molecule has 108 valence electrons. The Bertz CT molecular complexity index is 526. The van der Waals surface area contributed by atoms with Gasteiger partial charge in [-0.1, -0.05) is 0 Å². The summed E-state index contributed by atoms with van der Waals surface area (Å²) in [5, 5.41) is 0. The van der Waals surface area contributed by atoms with Gasteiger partial charge in [-0.3, -0.25) is 4.79 Å². The maximum atomic E-state index is 13.1. The zero-order valence-electron chi connectivity index (χ0n) is 11.0. The normalized spacial score (nSPS) is 29.8. The van der Waals surface area contributed by atoms with Crippen LogP contribution in [0.3, 0.4) is 0 Å². The molecule has 2 fully saturated rings. The van der Waals surface area contributed by atoms with Gasteiger partial charge in [0.15, 0.2) is 5.78 Å². The Morgan fingerprint density at radius 2 is 2.25 bits per heavy atom. The zero-order chi connectivity index (χ0) is 14.2. The largest absolute Gasteiger partial charge is 0.378 e. The second-order valence-corrected chi connectivity index (χ2v) is 6.37. The lowest BCUT2D eigenvalue weighted by Crippen LogP contribution is -2.42. The molecule has 5 heteroatoms. The van der Waals surface area contributed by atoms with Gasteiger partial charge in [0.05, 0.1) is 12.2 Å². The van der Waals surface area contributed by atoms with Crippen LogP contribution in [0.15, 0.2) is 22.7 Å². The van der Waals surface area contributed by atoms with E-state index < -0.39 is 0 Å². The van der Waals surface area contributed by atoms with E-state index >= 15 is 0 Å². The number of ether oxygens (including phenoxy) is 2. The first-order chi connectivity index (χ1) is 9.60. The molecule has 0 radical (unpaired) electrons. The molecule has 2 aliphatic heterocycles. The number of carbonyl (C=O) groups is 1. The van der Waals surface area contributed by atoms with Crippen LogP contribution in [0.25, 0.3) is 0 Å². The molecular weight excluding hydrogens is 327 g/mol. The Morgan fingerprint density at radius 1 is 1.40 bits per heavy atom. The van der Waals surface area contributed by atoms with Gasteiger partial charge < -0.3 is 9.47 Å². The highest BCUT2D eigenvalue weighted by Gasteiger charge is 2.43. The molecule has 2 saturated heterocycles. The third-order valence-corrected chi connectivity index (χ3v) is 4.78. The predicted octanol–water partition coefficient (Wildman–Crippen LogP) is 3.36. The van der Waals surface area contributed by atoms with Crippen LogP contribution in [0.5, 0.6) is 0 Å². The van der Waals surface area contributed by atoms with Crippen LogP contribution in [-0.4, -0.2) is 31.2 Å². The van der Waals surface area contributed by atoms with E-state index in [9.17, 15) is 9.18 Å². The molecular formula is C15H16BrFO3. The Labute approximate surface area is 125 Å². The zero-order valence-corrected chi connectivity index (χ0v) is 12.6. The number of rotatable bonds is 2. The van der Waals surface area contributed by atoms with Crippen LogP contribution < -0.4 is 0 Å². The molecule has 20 heavy (non-hydrogen) atoms. The Balaban J connectivity index is 1.79. The molecule has 0 aromatic heterocycles. The summed E-state index contributed by atoms with van der Waals surface area (Å²) in [4.78, 5) is 12.6. The summed E-state index contributed by atoms with van der Waals surface area (Å²) in [7, 11) is 0. The maximum Gasteiger partial charge on any atom is 0.167 e. The predicted molar refractivity (Wildman–Crippen MR) is 75.3 cm³/mol. The molecule has 0 aliphatic carbocycles. The van der Waals surface area contributed by atoms with E-state index in [1.54, 1.807) is 6.07 Å². The molecule has 1 aromatic rings. The molecule has 2 heterocycles. The van der Waals surface area contributed by atoms with Crippen molar-refractivity contribution in [3.63, 3.8) is 0 Å². The molecule has 0 amide bonds. The minimum absolute atomic E-state index is 0.0615. The highest BCUT2D eigenvalue weighted by molar-refractivity contribution is 9.10. The summed E-state index contributed by atoms with van der Waals surface area (Å²) in [5.41, 5.74) is 0.262. The molecule has 0 saturated carbocycles. The van der Waals surface area contributed by atoms with Gasteiger partial charge in [-0.15, -0.1) is 0 Å². The summed E-state index contributed by atoms with van der Waals surface area (Å²) in [5.74, 6) is -0.361. The van der Waals surface area contributed by atoms with Crippen LogP contribution in [0.1, 0.15) is 29.6 Å². The van der Waals surface area contributed by atoms with Crippen molar-refractivity contribution < 1.29 is 18.7 Å². The molecule has 0 N–H and O–H groups in total. The molecule has 3 rings (SSSR count). The number of Topliss-reactive ketones (excluding diaryl/α,β-unsaturated/α-hetero) is 1. The second-order valence-electron chi connectivity index (χ2n) is 5.51. The van der Waals surface area contributed by atoms with E-state index in [4.69, 9.17) is 9.47 Å². The summed E-state index contributed by atoms with van der Waals surface area (Å²) in [6.07, 6.45) is 2.25. The maximum absolute atomic E-state index is 13.1. The number of hydrogen-bond acceptors (Lipinski definition) is 3. The molecule has 0 bridgehead atoms. The standard InChI is InChI=1S/C15H16BrFO3/c16-13-7-11(17)1-2-12(13)14(18)10-3-5-20-15(8-10)4-6-19-9-15/h1-2,7,10H,3-6,8-9H2. The molecule has 2 aliphatic rings. The quantitative estimate of drug-likeness (QED) is 0.773. The average Bonchev–Trinajstić information content (AvgIpc) is 2.86. The SMILES string of the molecule is O=C(c1ccc(F)cc1Br)C1CCOC2(CCOC2)C1. The summed E-state index contributed by atoms with van der Waals surface area (Å²) >= 11 is 3.27. The van der Waals surface area contributed by atoms with Crippen molar-refractivity contribution in [3.8, 4) is 0 Å².